The smallest absolute Gasteiger partial charge is 0.260 e. The first-order valence-electron chi connectivity index (χ1n) is 5.86. The van der Waals surface area contributed by atoms with Gasteiger partial charge in [0.15, 0.2) is 0 Å². The molecule has 0 radical (unpaired) electrons. The number of carbonyl (C=O) groups is 1. The van der Waals surface area contributed by atoms with Crippen LogP contribution in [0.2, 0.25) is 5.15 Å². The van der Waals surface area contributed by atoms with Crippen LogP contribution in [0.3, 0.4) is 0 Å². The van der Waals surface area contributed by atoms with Gasteiger partial charge in [-0.3, -0.25) is 4.79 Å². The minimum absolute atomic E-state index is 0.279. The van der Waals surface area contributed by atoms with Gasteiger partial charge in [-0.05, 0) is 31.2 Å². The molecule has 0 atom stereocenters. The van der Waals surface area contributed by atoms with E-state index in [1.54, 1.807) is 36.4 Å². The first kappa shape index (κ1) is 13.4. The van der Waals surface area contributed by atoms with Gasteiger partial charge in [0.05, 0.1) is 12.2 Å². The summed E-state index contributed by atoms with van der Waals surface area (Å²) in [6.07, 6.45) is 0. The van der Waals surface area contributed by atoms with E-state index in [2.05, 4.69) is 10.3 Å². The molecule has 2 aromatic rings. The molecule has 1 aromatic heterocycles. The lowest BCUT2D eigenvalue weighted by Crippen LogP contribution is -2.14. The van der Waals surface area contributed by atoms with Gasteiger partial charge < -0.3 is 10.1 Å². The second kappa shape index (κ2) is 6.20. The highest BCUT2D eigenvalue weighted by molar-refractivity contribution is 6.29. The largest absolute Gasteiger partial charge is 0.493 e. The van der Waals surface area contributed by atoms with Crippen molar-refractivity contribution in [2.75, 3.05) is 11.9 Å². The van der Waals surface area contributed by atoms with Crippen LogP contribution in [-0.2, 0) is 0 Å². The molecule has 0 fully saturated rings. The zero-order valence-electron chi connectivity index (χ0n) is 10.4. The molecule has 0 bridgehead atoms. The molecule has 0 saturated carbocycles. The van der Waals surface area contributed by atoms with Gasteiger partial charge in [0, 0.05) is 0 Å². The third-order valence-corrected chi connectivity index (χ3v) is 2.60. The highest BCUT2D eigenvalue weighted by Gasteiger charge is 2.12. The van der Waals surface area contributed by atoms with Crippen LogP contribution in [0, 0.1) is 0 Å². The van der Waals surface area contributed by atoms with Crippen molar-refractivity contribution in [3.63, 3.8) is 0 Å². The molecular formula is C14H13ClN2O2. The number of halogens is 1. The summed E-state index contributed by atoms with van der Waals surface area (Å²) >= 11 is 5.77. The third-order valence-electron chi connectivity index (χ3n) is 2.39. The quantitative estimate of drug-likeness (QED) is 0.871. The molecule has 98 valence electrons. The van der Waals surface area contributed by atoms with Crippen molar-refractivity contribution >= 4 is 23.3 Å². The predicted octanol–water partition coefficient (Wildman–Crippen LogP) is 3.39. The maximum absolute atomic E-state index is 12.1. The fraction of sp³-hybridized carbons (Fsp3) is 0.143. The van der Waals surface area contributed by atoms with Gasteiger partial charge in [-0.1, -0.05) is 29.8 Å². The summed E-state index contributed by atoms with van der Waals surface area (Å²) in [5.41, 5.74) is 0.464. The first-order chi connectivity index (χ1) is 9.20. The number of rotatable bonds is 4. The van der Waals surface area contributed by atoms with Crippen LogP contribution in [0.25, 0.3) is 0 Å². The number of nitrogens with zero attached hydrogens (tertiary/aromatic N) is 1. The SMILES string of the molecule is CCOc1ccccc1C(=O)Nc1cccc(Cl)n1. The molecule has 4 nitrogen and oxygen atoms in total. The summed E-state index contributed by atoms with van der Waals surface area (Å²) < 4.78 is 5.41. The topological polar surface area (TPSA) is 51.2 Å². The molecule has 1 N–H and O–H groups in total. The van der Waals surface area contributed by atoms with Crippen LogP contribution in [-0.4, -0.2) is 17.5 Å². The predicted molar refractivity (Wildman–Crippen MR) is 74.8 cm³/mol. The van der Waals surface area contributed by atoms with E-state index in [1.807, 2.05) is 13.0 Å². The van der Waals surface area contributed by atoms with E-state index in [0.29, 0.717) is 28.9 Å². The minimum atomic E-state index is -0.279. The number of anilines is 1. The molecule has 2 rings (SSSR count). The Labute approximate surface area is 116 Å². The number of pyridine rings is 1. The Morgan fingerprint density at radius 3 is 2.79 bits per heavy atom. The summed E-state index contributed by atoms with van der Waals surface area (Å²) in [4.78, 5) is 16.2. The van der Waals surface area contributed by atoms with Gasteiger partial charge in [0.2, 0.25) is 0 Å². The lowest BCUT2D eigenvalue weighted by Gasteiger charge is -2.10. The zero-order valence-corrected chi connectivity index (χ0v) is 11.1. The Bertz CT molecular complexity index is 587. The minimum Gasteiger partial charge on any atom is -0.493 e. The average molecular weight is 277 g/mol. The second-order valence-corrected chi connectivity index (χ2v) is 4.12. The van der Waals surface area contributed by atoms with Crippen LogP contribution in [0.5, 0.6) is 5.75 Å². The van der Waals surface area contributed by atoms with E-state index < -0.39 is 0 Å². The van der Waals surface area contributed by atoms with E-state index >= 15 is 0 Å². The summed E-state index contributed by atoms with van der Waals surface area (Å²) in [7, 11) is 0. The Kier molecular flexibility index (Phi) is 4.36. The van der Waals surface area contributed by atoms with Gasteiger partial charge >= 0.3 is 0 Å². The van der Waals surface area contributed by atoms with Crippen molar-refractivity contribution < 1.29 is 9.53 Å². The summed E-state index contributed by atoms with van der Waals surface area (Å²) in [6, 6.07) is 12.1. The lowest BCUT2D eigenvalue weighted by atomic mass is 10.2. The number of nitrogens with one attached hydrogen (secondary N) is 1. The van der Waals surface area contributed by atoms with Crippen molar-refractivity contribution in [2.45, 2.75) is 6.92 Å². The molecule has 0 aliphatic carbocycles. The third kappa shape index (κ3) is 3.45. The van der Waals surface area contributed by atoms with Gasteiger partial charge in [-0.2, -0.15) is 0 Å². The maximum atomic E-state index is 12.1. The van der Waals surface area contributed by atoms with Crippen LogP contribution in [0.4, 0.5) is 5.82 Å². The lowest BCUT2D eigenvalue weighted by molar-refractivity contribution is 0.102. The molecule has 19 heavy (non-hydrogen) atoms. The molecule has 1 aromatic carbocycles. The Hall–Kier alpha value is -2.07. The molecular weight excluding hydrogens is 264 g/mol. The van der Waals surface area contributed by atoms with Gasteiger partial charge in [0.25, 0.3) is 5.91 Å². The van der Waals surface area contributed by atoms with Crippen molar-refractivity contribution in [2.24, 2.45) is 0 Å². The zero-order chi connectivity index (χ0) is 13.7. The number of benzene rings is 1. The van der Waals surface area contributed by atoms with Crippen LogP contribution >= 0.6 is 11.6 Å². The maximum Gasteiger partial charge on any atom is 0.260 e. The van der Waals surface area contributed by atoms with Crippen molar-refractivity contribution in [1.29, 1.82) is 0 Å². The molecule has 0 aliphatic rings. The van der Waals surface area contributed by atoms with Crippen LogP contribution in [0.1, 0.15) is 17.3 Å². The van der Waals surface area contributed by atoms with Crippen molar-refractivity contribution in [1.82, 2.24) is 4.98 Å². The Morgan fingerprint density at radius 1 is 1.26 bits per heavy atom. The van der Waals surface area contributed by atoms with Crippen molar-refractivity contribution in [3.05, 3.63) is 53.2 Å². The number of aromatic nitrogens is 1. The first-order valence-corrected chi connectivity index (χ1v) is 6.24. The Balaban J connectivity index is 2.20. The fourth-order valence-corrected chi connectivity index (χ4v) is 1.76. The average Bonchev–Trinajstić information content (AvgIpc) is 2.39. The standard InChI is InChI=1S/C14H13ClN2O2/c1-2-19-11-7-4-3-6-10(11)14(18)17-13-9-5-8-12(15)16-13/h3-9H,2H2,1H3,(H,16,17,18). The van der Waals surface area contributed by atoms with E-state index in [0.717, 1.165) is 0 Å². The highest BCUT2D eigenvalue weighted by Crippen LogP contribution is 2.19. The van der Waals surface area contributed by atoms with Gasteiger partial charge in [-0.15, -0.1) is 0 Å². The second-order valence-electron chi connectivity index (χ2n) is 3.73. The molecule has 0 spiro atoms. The van der Waals surface area contributed by atoms with E-state index in [1.165, 1.54) is 0 Å². The summed E-state index contributed by atoms with van der Waals surface area (Å²) in [6.45, 7) is 2.37. The monoisotopic (exact) mass is 276 g/mol. The van der Waals surface area contributed by atoms with Gasteiger partial charge in [0.1, 0.15) is 16.7 Å². The number of carbonyl (C=O) groups excluding carboxylic acids is 1. The van der Waals surface area contributed by atoms with Crippen molar-refractivity contribution in [3.8, 4) is 5.75 Å². The number of hydrogen-bond donors (Lipinski definition) is 1. The summed E-state index contributed by atoms with van der Waals surface area (Å²) in [5.74, 6) is 0.673. The van der Waals surface area contributed by atoms with E-state index in [9.17, 15) is 4.79 Å². The van der Waals surface area contributed by atoms with Crippen LogP contribution < -0.4 is 10.1 Å². The van der Waals surface area contributed by atoms with Gasteiger partial charge in [-0.25, -0.2) is 4.98 Å². The highest BCUT2D eigenvalue weighted by atomic mass is 35.5. The molecule has 0 saturated heterocycles. The molecule has 0 aliphatic heterocycles. The molecule has 0 unspecified atom stereocenters. The molecule has 5 heteroatoms. The fourth-order valence-electron chi connectivity index (χ4n) is 1.60. The number of amides is 1. The Morgan fingerprint density at radius 2 is 2.05 bits per heavy atom. The van der Waals surface area contributed by atoms with E-state index in [4.69, 9.17) is 16.3 Å². The van der Waals surface area contributed by atoms with Crippen LogP contribution in [0.15, 0.2) is 42.5 Å². The molecule has 1 amide bonds. The van der Waals surface area contributed by atoms with E-state index in [-0.39, 0.29) is 5.91 Å². The normalized spacial score (nSPS) is 10.0. The number of hydrogen-bond acceptors (Lipinski definition) is 3. The number of ether oxygens (including phenoxy) is 1. The molecule has 1 heterocycles. The number of para-hydroxylation sites is 1. The summed E-state index contributed by atoms with van der Waals surface area (Å²) in [5, 5.41) is 3.01.